The first-order valence-electron chi connectivity index (χ1n) is 14.7. The second-order valence-electron chi connectivity index (χ2n) is 10.8. The van der Waals surface area contributed by atoms with Gasteiger partial charge in [0.25, 0.3) is 0 Å². The fourth-order valence-corrected chi connectivity index (χ4v) is 5.40. The summed E-state index contributed by atoms with van der Waals surface area (Å²) in [5, 5.41) is 2.23. The summed E-state index contributed by atoms with van der Waals surface area (Å²) in [5.74, 6) is -3.24. The molecular formula is C26H50F4N5O7Rf3S7-5. The third-order valence-electron chi connectivity index (χ3n) is 5.20. The SMILES string of the molecule is CC(C)([S-])CCCNC(=O)C(F)(F)S(=O)(=O)NS(=O)(=O)C(F)(F)C(=O)NCCC[S-].CCC(C)(C)[S-].CO.[Rf].[Rf].[Rf].[S-]CCCN=CNCCC[S-]. The molecule has 12 nitrogen and oxygen atoms in total. The van der Waals surface area contributed by atoms with Crippen LogP contribution < -0.4 is 20.1 Å². The van der Waals surface area contributed by atoms with Crippen molar-refractivity contribution >= 4 is 101 Å². The Hall–Kier alpha value is -3.30. The number of alkyl halides is 4. The Kier molecular flexibility index (Phi) is 38.3. The quantitative estimate of drug-likeness (QED) is 0.0367. The van der Waals surface area contributed by atoms with Gasteiger partial charge in [0.1, 0.15) is 0 Å². The third-order valence-corrected chi connectivity index (χ3v) is 10.0. The molecule has 0 aromatic heterocycles. The molecule has 0 rings (SSSR count). The van der Waals surface area contributed by atoms with Crippen LogP contribution in [-0.2, 0) is 92.8 Å². The molecule has 52 heavy (non-hydrogen) atoms. The number of aliphatic hydroxyl groups is 1. The maximum absolute atomic E-state index is 13.9. The molecule has 2 amide bonds. The van der Waals surface area contributed by atoms with E-state index in [4.69, 9.17) is 55.6 Å². The number of rotatable bonds is 21. The van der Waals surface area contributed by atoms with Gasteiger partial charge in [-0.2, -0.15) is 44.3 Å². The molecule has 0 atom stereocenters. The topological polar surface area (TPSA) is 183 Å². The van der Waals surface area contributed by atoms with Gasteiger partial charge in [0.05, 0.1) is 6.34 Å². The number of halogens is 4. The molecule has 0 heterocycles. The molecule has 0 radical (unpaired) electrons. The molecule has 0 aliphatic carbocycles. The molecule has 0 aromatic carbocycles. The van der Waals surface area contributed by atoms with Gasteiger partial charge < -0.3 is 84.2 Å². The summed E-state index contributed by atoms with van der Waals surface area (Å²) < 4.78 is 101. The molecule has 5 N–H and O–H groups in total. The van der Waals surface area contributed by atoms with Crippen LogP contribution in [0.3, 0.4) is 0 Å². The van der Waals surface area contributed by atoms with Crippen LogP contribution in [0.25, 0.3) is 0 Å². The number of amides is 2. The first-order valence-corrected chi connectivity index (χ1v) is 20.2. The summed E-state index contributed by atoms with van der Waals surface area (Å²) in [7, 11) is -12.0. The number of hydrogen-bond donors (Lipinski definition) is 5. The largest absolute Gasteiger partial charge is 0.793 e. The van der Waals surface area contributed by atoms with Gasteiger partial charge >= 0.3 is 42.4 Å². The summed E-state index contributed by atoms with van der Waals surface area (Å²) in [6, 6.07) is 0. The molecule has 0 unspecified atom stereocenters. The number of hydrogen-bond acceptors (Lipinski definition) is 13. The fourth-order valence-electron chi connectivity index (χ4n) is 2.21. The van der Waals surface area contributed by atoms with Crippen LogP contribution in [0.2, 0.25) is 0 Å². The van der Waals surface area contributed by atoms with E-state index < -0.39 is 60.2 Å². The van der Waals surface area contributed by atoms with Gasteiger partial charge in [-0.25, -0.2) is 16.8 Å². The first kappa shape index (κ1) is 63.7. The molecule has 0 bridgehead atoms. The van der Waals surface area contributed by atoms with Crippen molar-refractivity contribution in [2.24, 2.45) is 4.99 Å². The van der Waals surface area contributed by atoms with E-state index in [-0.39, 0.29) is 27.5 Å². The van der Waals surface area contributed by atoms with E-state index in [0.717, 1.165) is 51.0 Å². The Labute approximate surface area is 317 Å². The van der Waals surface area contributed by atoms with Crippen molar-refractivity contribution in [1.29, 1.82) is 0 Å². The molecule has 26 heteroatoms. The van der Waals surface area contributed by atoms with Crippen molar-refractivity contribution in [3.8, 4) is 0 Å². The van der Waals surface area contributed by atoms with Gasteiger partial charge in [-0.05, 0) is 6.42 Å². The van der Waals surface area contributed by atoms with Crippen LogP contribution in [0, 0.1) is 0 Å². The predicted octanol–water partition coefficient (Wildman–Crippen LogP) is 1.51. The minimum atomic E-state index is -6.50. The number of carbonyl (C=O) groups is 2. The van der Waals surface area contributed by atoms with Crippen molar-refractivity contribution in [3.63, 3.8) is 0 Å². The number of nitrogens with one attached hydrogen (secondary N) is 4. The summed E-state index contributed by atoms with van der Waals surface area (Å²) in [6.45, 7) is 10.4. The maximum Gasteiger partial charge on any atom is 0.436 e. The van der Waals surface area contributed by atoms with Gasteiger partial charge in [-0.15, -0.1) is 0 Å². The van der Waals surface area contributed by atoms with Crippen LogP contribution in [0.4, 0.5) is 17.6 Å². The molecule has 0 aliphatic heterocycles. The Morgan fingerprint density at radius 1 is 0.692 bits per heavy atom. The van der Waals surface area contributed by atoms with Gasteiger partial charge in [0.2, 0.25) is 0 Å². The second-order valence-corrected chi connectivity index (χ2v) is 17.9. The van der Waals surface area contributed by atoms with Crippen molar-refractivity contribution in [2.75, 3.05) is 50.5 Å². The average Bonchev–Trinajstić information content (AvgIpc) is 2.99. The first-order chi connectivity index (χ1) is 22.3. The second kappa shape index (κ2) is 31.2. The number of carbonyl (C=O) groups excluding carboxylic acids is 2. The zero-order valence-corrected chi connectivity index (χ0v) is 55.5. The molecule has 0 spiro atoms. The Morgan fingerprint density at radius 3 is 1.37 bits per heavy atom. The van der Waals surface area contributed by atoms with Crippen LogP contribution in [0.1, 0.15) is 73.1 Å². The van der Waals surface area contributed by atoms with E-state index in [2.05, 4.69) is 43.7 Å². The summed E-state index contributed by atoms with van der Waals surface area (Å²) in [5.41, 5.74) is 0. The van der Waals surface area contributed by atoms with E-state index in [0.29, 0.717) is 6.42 Å². The number of aliphatic hydroxyl groups excluding tert-OH is 1. The van der Waals surface area contributed by atoms with Crippen LogP contribution in [0.5, 0.6) is 0 Å². The van der Waals surface area contributed by atoms with Crippen molar-refractivity contribution < 1.29 is 49.1 Å². The summed E-state index contributed by atoms with van der Waals surface area (Å²) >= 11 is 24.0. The summed E-state index contributed by atoms with van der Waals surface area (Å²) in [4.78, 5) is 26.9. The van der Waals surface area contributed by atoms with Gasteiger partial charge in [0, 0.05) is 33.3 Å². The van der Waals surface area contributed by atoms with E-state index in [9.17, 15) is 44.0 Å². The predicted molar refractivity (Wildman–Crippen MR) is 199 cm³/mol. The van der Waals surface area contributed by atoms with E-state index in [1.807, 2.05) is 0 Å². The number of aliphatic imine (C=N–C) groups is 1. The smallest absolute Gasteiger partial charge is 0.436 e. The van der Waals surface area contributed by atoms with E-state index in [1.165, 1.54) is 5.32 Å². The van der Waals surface area contributed by atoms with Gasteiger partial charge in [-0.3, -0.25) is 14.6 Å². The molecule has 302 valence electrons. The molecular weight excluding hydrogens is 1600 g/mol. The van der Waals surface area contributed by atoms with E-state index in [1.54, 1.807) is 25.5 Å². The fraction of sp³-hybridized carbons (Fsp3) is 0.885. The molecule has 0 saturated carbocycles. The van der Waals surface area contributed by atoms with Crippen molar-refractivity contribution in [2.45, 2.75) is 93.1 Å². The van der Waals surface area contributed by atoms with Gasteiger partial charge in [-0.1, -0.05) is 70.9 Å². The monoisotopic (exact) mass is 1650 g/mol. The van der Waals surface area contributed by atoms with Gasteiger partial charge in [0.15, 0.2) is 0 Å². The van der Waals surface area contributed by atoms with Crippen molar-refractivity contribution in [1.82, 2.24) is 20.1 Å². The molecule has 0 saturated heterocycles. The van der Waals surface area contributed by atoms with Crippen LogP contribution >= 0.6 is 0 Å². The van der Waals surface area contributed by atoms with Crippen molar-refractivity contribution in [3.05, 3.63) is 0 Å². The third kappa shape index (κ3) is 30.3. The minimum absolute atomic E-state index is 0. The Morgan fingerprint density at radius 2 is 1.04 bits per heavy atom. The normalized spacial score (nSPS) is 11.7. The molecule has 0 aliphatic rings. The number of nitrogens with zero attached hydrogens (tertiary/aromatic N) is 1. The molecule has 0 fully saturated rings. The Balaban J connectivity index is -0.000000152. The Bertz CT molecular complexity index is 1160. The van der Waals surface area contributed by atoms with Crippen LogP contribution in [0.15, 0.2) is 4.99 Å². The standard InChI is InChI=1S/C13H23F4N3O6S4.C7H16N2S2.C5H12S.CH4O.3Rf/c1-11(2,28)5-3-6-18-9(21)12(14,15)29(23,24)20-30(25,26)13(16,17)10(22)19-7-4-8-27;10-5-1-3-8-7-9-4-2-6-11;1-4-5(2,3)6;1-2;;;/h20,27-28H,3-8H2,1-2H3,(H,18,21)(H,19,22);7,10-11H,1-6H2,(H,8,9);6H,4H2,1-3H3;2H,1H3;;;/p-5. The van der Waals surface area contributed by atoms with Crippen LogP contribution in [-0.4, -0.2) is 111 Å². The minimum Gasteiger partial charge on any atom is -0.793 e. The zero-order chi connectivity index (χ0) is 39.6. The number of sulfonamides is 2. The van der Waals surface area contributed by atoms with E-state index >= 15 is 0 Å². The molecule has 0 aromatic rings. The summed E-state index contributed by atoms with van der Waals surface area (Å²) in [6.07, 6.45) is 5.26. The average molecular weight is 1650 g/mol. The maximum atomic E-state index is 13.9. The zero-order valence-electron chi connectivity index (χ0n) is 30.6.